The van der Waals surface area contributed by atoms with Gasteiger partial charge < -0.3 is 24.6 Å². The van der Waals surface area contributed by atoms with Gasteiger partial charge in [-0.25, -0.2) is 4.79 Å². The normalized spacial score (nSPS) is 22.0. The molecule has 208 valence electrons. The number of carbonyl (C=O) groups excluding carboxylic acids is 2. The van der Waals surface area contributed by atoms with E-state index in [0.717, 1.165) is 17.2 Å². The summed E-state index contributed by atoms with van der Waals surface area (Å²) < 4.78 is 17.8. The van der Waals surface area contributed by atoms with Crippen LogP contribution < -0.4 is 5.32 Å². The molecule has 0 aromatic heterocycles. The molecule has 7 nitrogen and oxygen atoms in total. The van der Waals surface area contributed by atoms with E-state index < -0.39 is 32.0 Å². The number of anilines is 1. The zero-order valence-corrected chi connectivity index (χ0v) is 25.3. The van der Waals surface area contributed by atoms with E-state index in [2.05, 4.69) is 25.0 Å². The molecule has 1 aliphatic rings. The van der Waals surface area contributed by atoms with Crippen molar-refractivity contribution in [2.24, 2.45) is 11.8 Å². The van der Waals surface area contributed by atoms with E-state index in [1.54, 1.807) is 13.0 Å². The molecular formula is C29H47NO6Si. The molecule has 0 spiro atoms. The predicted molar refractivity (Wildman–Crippen MR) is 151 cm³/mol. The minimum absolute atomic E-state index is 0.00742. The lowest BCUT2D eigenvalue weighted by molar-refractivity contribution is -0.150. The molecule has 8 heteroatoms. The summed E-state index contributed by atoms with van der Waals surface area (Å²) in [5.41, 5.74) is 2.54. The number of esters is 1. The van der Waals surface area contributed by atoms with Crippen LogP contribution in [0, 0.1) is 25.7 Å². The van der Waals surface area contributed by atoms with Crippen LogP contribution in [0.25, 0.3) is 0 Å². The lowest BCUT2D eigenvalue weighted by atomic mass is 9.95. The summed E-state index contributed by atoms with van der Waals surface area (Å²) in [4.78, 5) is 26.2. The van der Waals surface area contributed by atoms with Gasteiger partial charge in [-0.15, -0.1) is 0 Å². The molecule has 0 saturated carbocycles. The third kappa shape index (κ3) is 9.67. The second kappa shape index (κ2) is 12.7. The van der Waals surface area contributed by atoms with E-state index in [1.807, 2.05) is 59.8 Å². The Balaban J connectivity index is 2.17. The SMILES string of the molecule is Cc1cc(C)c(C(=O)OCC[Si](C)(C)C)c(NC(=O)C[C@@H]2OC(C)(C)O[C@@H]2C(C)/C=C\[C@@H](C)[C@@H](C)O)c1. The average molecular weight is 534 g/mol. The van der Waals surface area contributed by atoms with Gasteiger partial charge >= 0.3 is 5.97 Å². The molecule has 0 bridgehead atoms. The van der Waals surface area contributed by atoms with Crippen LogP contribution in [-0.2, 0) is 19.0 Å². The Kier molecular flexibility index (Phi) is 10.7. The van der Waals surface area contributed by atoms with Gasteiger partial charge in [0.1, 0.15) is 0 Å². The smallest absolute Gasteiger partial charge is 0.340 e. The number of aryl methyl sites for hydroxylation is 2. The molecule has 2 N–H and O–H groups in total. The highest BCUT2D eigenvalue weighted by molar-refractivity contribution is 6.76. The number of amides is 1. The zero-order valence-electron chi connectivity index (χ0n) is 24.3. The topological polar surface area (TPSA) is 94.1 Å². The molecule has 1 saturated heterocycles. The number of aliphatic hydroxyl groups is 1. The summed E-state index contributed by atoms with van der Waals surface area (Å²) in [6, 6.07) is 4.60. The van der Waals surface area contributed by atoms with Gasteiger partial charge in [0.25, 0.3) is 0 Å². The second-order valence-electron chi connectivity index (χ2n) is 12.2. The molecule has 2 rings (SSSR count). The molecule has 1 amide bonds. The number of nitrogens with one attached hydrogen (secondary N) is 1. The van der Waals surface area contributed by atoms with Gasteiger partial charge in [0.05, 0.1) is 42.6 Å². The average Bonchev–Trinajstić information content (AvgIpc) is 3.03. The molecule has 37 heavy (non-hydrogen) atoms. The Bertz CT molecular complexity index is 981. The van der Waals surface area contributed by atoms with Crippen LogP contribution in [0.4, 0.5) is 5.69 Å². The molecule has 1 fully saturated rings. The zero-order chi connectivity index (χ0) is 28.1. The number of hydrogen-bond donors (Lipinski definition) is 2. The molecule has 1 aliphatic heterocycles. The first-order chi connectivity index (χ1) is 17.0. The summed E-state index contributed by atoms with van der Waals surface area (Å²) in [7, 11) is -1.34. The maximum absolute atomic E-state index is 13.2. The van der Waals surface area contributed by atoms with Gasteiger partial charge in [0, 0.05) is 14.0 Å². The predicted octanol–water partition coefficient (Wildman–Crippen LogP) is 5.86. The molecule has 1 unspecified atom stereocenters. The largest absolute Gasteiger partial charge is 0.462 e. The maximum Gasteiger partial charge on any atom is 0.340 e. The van der Waals surface area contributed by atoms with Crippen molar-refractivity contribution in [1.29, 1.82) is 0 Å². The Hall–Kier alpha value is -2.00. The van der Waals surface area contributed by atoms with Crippen LogP contribution in [0.1, 0.15) is 62.5 Å². The second-order valence-corrected chi connectivity index (χ2v) is 17.8. The summed E-state index contributed by atoms with van der Waals surface area (Å²) in [6.45, 7) is 20.3. The fraction of sp³-hybridized carbons (Fsp3) is 0.655. The van der Waals surface area contributed by atoms with E-state index in [4.69, 9.17) is 14.2 Å². The van der Waals surface area contributed by atoms with Crippen molar-refractivity contribution in [3.63, 3.8) is 0 Å². The van der Waals surface area contributed by atoms with Crippen molar-refractivity contribution in [2.75, 3.05) is 11.9 Å². The van der Waals surface area contributed by atoms with Crippen molar-refractivity contribution in [2.45, 2.75) is 105 Å². The quantitative estimate of drug-likeness (QED) is 0.210. The molecule has 0 aliphatic carbocycles. The third-order valence-corrected chi connectivity index (χ3v) is 8.35. The first kappa shape index (κ1) is 31.2. The first-order valence-corrected chi connectivity index (χ1v) is 17.0. The number of carbonyl (C=O) groups is 2. The van der Waals surface area contributed by atoms with Gasteiger partial charge in [-0.3, -0.25) is 4.79 Å². The number of rotatable bonds is 11. The van der Waals surface area contributed by atoms with Crippen LogP contribution in [-0.4, -0.2) is 55.8 Å². The molecular weight excluding hydrogens is 486 g/mol. The Labute approximate surface area is 224 Å². The van der Waals surface area contributed by atoms with E-state index in [1.165, 1.54) is 0 Å². The highest BCUT2D eigenvalue weighted by atomic mass is 28.3. The van der Waals surface area contributed by atoms with Gasteiger partial charge in [-0.2, -0.15) is 0 Å². The van der Waals surface area contributed by atoms with Crippen molar-refractivity contribution >= 4 is 25.6 Å². The number of ether oxygens (including phenoxy) is 3. The molecule has 5 atom stereocenters. The van der Waals surface area contributed by atoms with Gasteiger partial charge in [-0.1, -0.05) is 51.7 Å². The standard InChI is InChI=1S/C29H47NO6Si/c1-18-15-21(4)26(28(33)34-13-14-37(8,9)10)23(16-18)30-25(32)17-24-27(36-29(6,7)35-24)20(3)12-11-19(2)22(5)31/h11-12,15-16,19-20,22,24,27,31H,13-14,17H2,1-10H3,(H,30,32)/b12-11-/t19-,20?,22-,24+,27-/m1/s1. The Morgan fingerprint density at radius 1 is 1.14 bits per heavy atom. The van der Waals surface area contributed by atoms with Gasteiger partial charge in [0.2, 0.25) is 5.91 Å². The number of hydrogen-bond acceptors (Lipinski definition) is 6. The number of benzene rings is 1. The summed E-state index contributed by atoms with van der Waals surface area (Å²) in [6.07, 6.45) is 2.82. The fourth-order valence-corrected chi connectivity index (χ4v) is 5.05. The maximum atomic E-state index is 13.2. The highest BCUT2D eigenvalue weighted by Gasteiger charge is 2.44. The van der Waals surface area contributed by atoms with Crippen LogP contribution in [0.3, 0.4) is 0 Å². The molecule has 1 aromatic rings. The van der Waals surface area contributed by atoms with E-state index >= 15 is 0 Å². The van der Waals surface area contributed by atoms with Crippen molar-refractivity contribution in [3.05, 3.63) is 41.0 Å². The van der Waals surface area contributed by atoms with Crippen LogP contribution in [0.15, 0.2) is 24.3 Å². The fourth-order valence-electron chi connectivity index (χ4n) is 4.33. The van der Waals surface area contributed by atoms with Crippen LogP contribution in [0.5, 0.6) is 0 Å². The molecule has 1 heterocycles. The van der Waals surface area contributed by atoms with Gasteiger partial charge in [-0.05, 0) is 63.8 Å². The Morgan fingerprint density at radius 3 is 2.38 bits per heavy atom. The first-order valence-electron chi connectivity index (χ1n) is 13.3. The highest BCUT2D eigenvalue weighted by Crippen LogP contribution is 2.35. The van der Waals surface area contributed by atoms with Gasteiger partial charge in [0.15, 0.2) is 5.79 Å². The lowest BCUT2D eigenvalue weighted by Crippen LogP contribution is -2.32. The summed E-state index contributed by atoms with van der Waals surface area (Å²) in [5.74, 6) is -1.52. The van der Waals surface area contributed by atoms with Crippen LogP contribution >= 0.6 is 0 Å². The third-order valence-electron chi connectivity index (χ3n) is 6.65. The summed E-state index contributed by atoms with van der Waals surface area (Å²) >= 11 is 0. The minimum atomic E-state index is -1.34. The minimum Gasteiger partial charge on any atom is -0.462 e. The van der Waals surface area contributed by atoms with Crippen LogP contribution in [0.2, 0.25) is 25.7 Å². The van der Waals surface area contributed by atoms with E-state index in [-0.39, 0.29) is 30.3 Å². The molecule has 0 radical (unpaired) electrons. The van der Waals surface area contributed by atoms with Crippen molar-refractivity contribution < 1.29 is 28.9 Å². The summed E-state index contributed by atoms with van der Waals surface area (Å²) in [5, 5.41) is 12.7. The van der Waals surface area contributed by atoms with E-state index in [9.17, 15) is 14.7 Å². The Morgan fingerprint density at radius 2 is 1.78 bits per heavy atom. The monoisotopic (exact) mass is 533 g/mol. The lowest BCUT2D eigenvalue weighted by Gasteiger charge is -2.22. The van der Waals surface area contributed by atoms with E-state index in [0.29, 0.717) is 17.9 Å². The van der Waals surface area contributed by atoms with Crippen molar-refractivity contribution in [3.8, 4) is 0 Å². The molecule has 1 aromatic carbocycles. The van der Waals surface area contributed by atoms with Crippen molar-refractivity contribution in [1.82, 2.24) is 0 Å². The number of aliphatic hydroxyl groups excluding tert-OH is 1.